The highest BCUT2D eigenvalue weighted by Gasteiger charge is 2.24. The minimum Gasteiger partial charge on any atom is -0.466 e. The second-order valence-corrected chi connectivity index (χ2v) is 4.72. The van der Waals surface area contributed by atoms with Gasteiger partial charge in [-0.05, 0) is 13.3 Å². The van der Waals surface area contributed by atoms with E-state index in [-0.39, 0.29) is 12.3 Å². The van der Waals surface area contributed by atoms with Crippen LogP contribution in [0.3, 0.4) is 0 Å². The molecule has 0 radical (unpaired) electrons. The molecule has 1 rings (SSSR count). The average molecular weight is 247 g/mol. The largest absolute Gasteiger partial charge is 0.466 e. The Morgan fingerprint density at radius 3 is 2.93 bits per heavy atom. The molecule has 84 valence electrons. The van der Waals surface area contributed by atoms with Gasteiger partial charge in [0, 0.05) is 12.3 Å². The smallest absolute Gasteiger partial charge is 0.315 e. The van der Waals surface area contributed by atoms with Crippen molar-refractivity contribution in [1.82, 2.24) is 4.90 Å². The number of thiocarbonyl (C=S) groups is 1. The van der Waals surface area contributed by atoms with Crippen molar-refractivity contribution in [3.05, 3.63) is 0 Å². The van der Waals surface area contributed by atoms with E-state index in [4.69, 9.17) is 17.0 Å². The van der Waals surface area contributed by atoms with Gasteiger partial charge in [0.25, 0.3) is 0 Å². The zero-order valence-corrected chi connectivity index (χ0v) is 10.2. The van der Waals surface area contributed by atoms with Crippen LogP contribution in [0.15, 0.2) is 0 Å². The number of esters is 1. The summed E-state index contributed by atoms with van der Waals surface area (Å²) in [5.41, 5.74) is 0. The van der Waals surface area contributed by atoms with Crippen molar-refractivity contribution >= 4 is 40.2 Å². The van der Waals surface area contributed by atoms with Crippen LogP contribution in [-0.2, 0) is 14.3 Å². The molecule has 1 aliphatic heterocycles. The normalized spacial score (nSPS) is 16.3. The summed E-state index contributed by atoms with van der Waals surface area (Å²) in [6.45, 7) is 2.62. The van der Waals surface area contributed by atoms with Crippen LogP contribution in [0.2, 0.25) is 0 Å². The van der Waals surface area contributed by atoms with Crippen molar-refractivity contribution in [1.29, 1.82) is 0 Å². The van der Waals surface area contributed by atoms with Gasteiger partial charge >= 0.3 is 5.97 Å². The van der Waals surface area contributed by atoms with Crippen LogP contribution >= 0.6 is 24.0 Å². The van der Waals surface area contributed by atoms with Gasteiger partial charge in [-0.1, -0.05) is 24.0 Å². The molecule has 0 aliphatic carbocycles. The molecule has 1 heterocycles. The second-order valence-electron chi connectivity index (χ2n) is 3.00. The Kier molecular flexibility index (Phi) is 5.04. The lowest BCUT2D eigenvalue weighted by atomic mass is 10.3. The molecule has 1 aliphatic rings. The molecule has 4 nitrogen and oxygen atoms in total. The molecule has 0 aromatic carbocycles. The van der Waals surface area contributed by atoms with Crippen molar-refractivity contribution in [3.8, 4) is 0 Å². The molecule has 0 unspecified atom stereocenters. The highest BCUT2D eigenvalue weighted by molar-refractivity contribution is 8.23. The Labute approximate surface area is 98.3 Å². The van der Waals surface area contributed by atoms with Crippen molar-refractivity contribution < 1.29 is 14.3 Å². The van der Waals surface area contributed by atoms with Gasteiger partial charge in [-0.15, -0.1) is 0 Å². The van der Waals surface area contributed by atoms with E-state index in [9.17, 15) is 9.59 Å². The lowest BCUT2D eigenvalue weighted by molar-refractivity contribution is -0.147. The monoisotopic (exact) mass is 247 g/mol. The predicted octanol–water partition coefficient (Wildman–Crippen LogP) is 1.19. The molecule has 0 aromatic rings. The Hall–Kier alpha value is -0.620. The third-order valence-electron chi connectivity index (χ3n) is 1.87. The fourth-order valence-electron chi connectivity index (χ4n) is 1.21. The van der Waals surface area contributed by atoms with Crippen LogP contribution in [0.25, 0.3) is 0 Å². The van der Waals surface area contributed by atoms with Crippen molar-refractivity contribution in [2.24, 2.45) is 0 Å². The third-order valence-corrected chi connectivity index (χ3v) is 3.41. The minimum absolute atomic E-state index is 0.214. The van der Waals surface area contributed by atoms with Gasteiger partial charge in [0.1, 0.15) is 10.7 Å². The van der Waals surface area contributed by atoms with Crippen LogP contribution in [0.1, 0.15) is 19.8 Å². The summed E-state index contributed by atoms with van der Waals surface area (Å²) in [5.74, 6) is 0.202. The van der Waals surface area contributed by atoms with Gasteiger partial charge < -0.3 is 4.74 Å². The van der Waals surface area contributed by atoms with Crippen molar-refractivity contribution in [3.63, 3.8) is 0 Å². The summed E-state index contributed by atoms with van der Waals surface area (Å²) in [4.78, 5) is 24.2. The van der Waals surface area contributed by atoms with Gasteiger partial charge in [0.2, 0.25) is 5.91 Å². The fraction of sp³-hybridized carbons (Fsp3) is 0.667. The first-order valence-corrected chi connectivity index (χ1v) is 6.17. The van der Waals surface area contributed by atoms with Crippen LogP contribution in [0.4, 0.5) is 0 Å². The Morgan fingerprint density at radius 2 is 2.33 bits per heavy atom. The fourth-order valence-corrected chi connectivity index (χ4v) is 2.45. The molecular weight excluding hydrogens is 234 g/mol. The number of carbonyl (C=O) groups excluding carboxylic acids is 2. The standard InChI is InChI=1S/C9H13NO3S2/c1-2-13-8(12)6-7(11)10-4-3-5-15-9(10)14/h2-6H2,1H3. The van der Waals surface area contributed by atoms with Crippen molar-refractivity contribution in [2.45, 2.75) is 19.8 Å². The molecule has 0 aromatic heterocycles. The summed E-state index contributed by atoms with van der Waals surface area (Å²) >= 11 is 6.52. The lowest BCUT2D eigenvalue weighted by Gasteiger charge is -2.26. The highest BCUT2D eigenvalue weighted by Crippen LogP contribution is 2.18. The first kappa shape index (κ1) is 12.4. The number of hydrogen-bond donors (Lipinski definition) is 0. The molecule has 0 N–H and O–H groups in total. The van der Waals surface area contributed by atoms with E-state index in [1.54, 1.807) is 6.92 Å². The maximum Gasteiger partial charge on any atom is 0.315 e. The Bertz CT molecular complexity index is 281. The molecule has 0 saturated carbocycles. The second kappa shape index (κ2) is 6.07. The number of nitrogens with zero attached hydrogens (tertiary/aromatic N) is 1. The van der Waals surface area contributed by atoms with Gasteiger partial charge in [0.15, 0.2) is 0 Å². The molecule has 0 atom stereocenters. The van der Waals surface area contributed by atoms with Crippen LogP contribution < -0.4 is 0 Å². The molecule has 15 heavy (non-hydrogen) atoms. The summed E-state index contributed by atoms with van der Waals surface area (Å²) in [5, 5.41) is 0. The molecular formula is C9H13NO3S2. The van der Waals surface area contributed by atoms with Gasteiger partial charge in [-0.3, -0.25) is 14.5 Å². The van der Waals surface area contributed by atoms with E-state index in [0.29, 0.717) is 17.5 Å². The van der Waals surface area contributed by atoms with E-state index >= 15 is 0 Å². The van der Waals surface area contributed by atoms with Gasteiger partial charge in [0.05, 0.1) is 6.61 Å². The molecule has 1 saturated heterocycles. The maximum absolute atomic E-state index is 11.6. The predicted molar refractivity (Wildman–Crippen MR) is 62.6 cm³/mol. The SMILES string of the molecule is CCOC(=O)CC(=O)N1CCCSC1=S. The maximum atomic E-state index is 11.6. The molecule has 0 spiro atoms. The molecule has 1 fully saturated rings. The number of ether oxygens (including phenoxy) is 1. The first-order chi connectivity index (χ1) is 7.15. The lowest BCUT2D eigenvalue weighted by Crippen LogP contribution is -2.39. The number of thioether (sulfide) groups is 1. The van der Waals surface area contributed by atoms with Crippen LogP contribution in [0.5, 0.6) is 0 Å². The van der Waals surface area contributed by atoms with Crippen LogP contribution in [0, 0.1) is 0 Å². The summed E-state index contributed by atoms with van der Waals surface area (Å²) < 4.78 is 5.27. The molecule has 1 amide bonds. The number of amides is 1. The van der Waals surface area contributed by atoms with E-state index in [1.807, 2.05) is 0 Å². The zero-order chi connectivity index (χ0) is 11.3. The van der Waals surface area contributed by atoms with Crippen molar-refractivity contribution in [2.75, 3.05) is 18.9 Å². The van der Waals surface area contributed by atoms with Gasteiger partial charge in [-0.25, -0.2) is 0 Å². The summed E-state index contributed by atoms with van der Waals surface area (Å²) in [6, 6.07) is 0. The summed E-state index contributed by atoms with van der Waals surface area (Å²) in [7, 11) is 0. The molecule has 6 heteroatoms. The first-order valence-electron chi connectivity index (χ1n) is 4.78. The average Bonchev–Trinajstić information content (AvgIpc) is 2.18. The van der Waals surface area contributed by atoms with E-state index < -0.39 is 5.97 Å². The quantitative estimate of drug-likeness (QED) is 0.426. The van der Waals surface area contributed by atoms with E-state index in [0.717, 1.165) is 12.2 Å². The topological polar surface area (TPSA) is 46.6 Å². The molecule has 0 bridgehead atoms. The number of carbonyl (C=O) groups is 2. The third kappa shape index (κ3) is 3.79. The number of rotatable bonds is 3. The highest BCUT2D eigenvalue weighted by atomic mass is 32.2. The summed E-state index contributed by atoms with van der Waals surface area (Å²) in [6.07, 6.45) is 0.702. The minimum atomic E-state index is -0.485. The van der Waals surface area contributed by atoms with E-state index in [1.165, 1.54) is 16.7 Å². The van der Waals surface area contributed by atoms with Gasteiger partial charge in [-0.2, -0.15) is 0 Å². The number of hydrogen-bond acceptors (Lipinski definition) is 5. The zero-order valence-electron chi connectivity index (χ0n) is 8.52. The van der Waals surface area contributed by atoms with Crippen LogP contribution in [-0.4, -0.2) is 40.0 Å². The van der Waals surface area contributed by atoms with E-state index in [2.05, 4.69) is 0 Å². The Morgan fingerprint density at radius 1 is 1.60 bits per heavy atom. The Balaban J connectivity index is 2.45.